The topological polar surface area (TPSA) is 95.9 Å². The summed E-state index contributed by atoms with van der Waals surface area (Å²) in [5, 5.41) is 23.2. The number of rotatable bonds is 46. The Morgan fingerprint density at radius 1 is 0.482 bits per heavy atom. The van der Waals surface area contributed by atoms with Crippen LogP contribution in [0.5, 0.6) is 0 Å². The van der Waals surface area contributed by atoms with E-state index in [2.05, 4.69) is 31.3 Å². The van der Waals surface area contributed by atoms with Gasteiger partial charge in [0.05, 0.1) is 25.4 Å². The number of hydrogen-bond donors (Lipinski definition) is 3. The quantitative estimate of drug-likeness (QED) is 0.0324. The third-order valence-electron chi connectivity index (χ3n) is 11.6. The summed E-state index contributed by atoms with van der Waals surface area (Å²) in [5.41, 5.74) is 0. The number of hydrogen-bond acceptors (Lipinski definition) is 5. The van der Waals surface area contributed by atoms with Gasteiger partial charge in [0.25, 0.3) is 0 Å². The van der Waals surface area contributed by atoms with Crippen molar-refractivity contribution in [1.29, 1.82) is 0 Å². The lowest BCUT2D eigenvalue weighted by molar-refractivity contribution is -0.143. The number of carbonyl (C=O) groups excluding carboxylic acids is 2. The highest BCUT2D eigenvalue weighted by Crippen LogP contribution is 2.16. The third kappa shape index (κ3) is 42.2. The second-order valence-electron chi connectivity index (χ2n) is 17.1. The van der Waals surface area contributed by atoms with Crippen LogP contribution in [0.15, 0.2) is 12.2 Å². The molecular formula is C50H97NO5. The van der Waals surface area contributed by atoms with Gasteiger partial charge in [0.15, 0.2) is 0 Å². The molecule has 0 saturated heterocycles. The van der Waals surface area contributed by atoms with Gasteiger partial charge in [-0.1, -0.05) is 219 Å². The van der Waals surface area contributed by atoms with Crippen molar-refractivity contribution in [2.24, 2.45) is 0 Å². The molecule has 0 fully saturated rings. The Hall–Kier alpha value is -1.40. The van der Waals surface area contributed by atoms with E-state index in [1.54, 1.807) is 0 Å². The Morgan fingerprint density at radius 2 is 0.839 bits per heavy atom. The fraction of sp³-hybridized carbons (Fsp3) is 0.920. The Morgan fingerprint density at radius 3 is 1.27 bits per heavy atom. The number of amides is 1. The van der Waals surface area contributed by atoms with E-state index in [1.807, 2.05) is 0 Å². The molecule has 0 heterocycles. The lowest BCUT2D eigenvalue weighted by Crippen LogP contribution is -2.45. The highest BCUT2D eigenvalue weighted by Gasteiger charge is 2.20. The minimum Gasteiger partial charge on any atom is -0.466 e. The molecule has 3 N–H and O–H groups in total. The molecule has 0 aliphatic heterocycles. The van der Waals surface area contributed by atoms with Crippen molar-refractivity contribution in [3.63, 3.8) is 0 Å². The zero-order chi connectivity index (χ0) is 40.8. The summed E-state index contributed by atoms with van der Waals surface area (Å²) in [6.45, 7) is 4.88. The molecule has 332 valence electrons. The molecule has 0 aliphatic rings. The average molecular weight is 792 g/mol. The van der Waals surface area contributed by atoms with E-state index in [9.17, 15) is 19.8 Å². The molecule has 1 amide bonds. The molecule has 0 aromatic carbocycles. The number of allylic oxidation sites excluding steroid dienone is 2. The maximum atomic E-state index is 12.4. The second-order valence-corrected chi connectivity index (χ2v) is 17.1. The van der Waals surface area contributed by atoms with Crippen molar-refractivity contribution in [2.45, 2.75) is 283 Å². The minimum atomic E-state index is -0.681. The van der Waals surface area contributed by atoms with Crippen LogP contribution < -0.4 is 5.32 Å². The number of aliphatic hydroxyl groups excluding tert-OH is 2. The molecule has 2 unspecified atom stereocenters. The molecule has 0 aromatic rings. The summed E-state index contributed by atoms with van der Waals surface area (Å²) in [6, 6.07) is -0.561. The Balaban J connectivity index is 3.49. The first kappa shape index (κ1) is 54.6. The molecule has 6 nitrogen and oxygen atoms in total. The molecule has 0 saturated carbocycles. The van der Waals surface area contributed by atoms with Crippen LogP contribution in [0.2, 0.25) is 0 Å². The Bertz CT molecular complexity index is 832. The van der Waals surface area contributed by atoms with E-state index < -0.39 is 12.1 Å². The van der Waals surface area contributed by atoms with Crippen LogP contribution in [0, 0.1) is 0 Å². The van der Waals surface area contributed by atoms with Crippen LogP contribution in [0.25, 0.3) is 0 Å². The van der Waals surface area contributed by atoms with Gasteiger partial charge in [-0.3, -0.25) is 9.59 Å². The van der Waals surface area contributed by atoms with Crippen LogP contribution in [0.1, 0.15) is 271 Å². The fourth-order valence-corrected chi connectivity index (χ4v) is 7.69. The van der Waals surface area contributed by atoms with Gasteiger partial charge in [-0.2, -0.15) is 0 Å². The van der Waals surface area contributed by atoms with Crippen molar-refractivity contribution in [1.82, 2.24) is 5.32 Å². The Labute approximate surface area is 349 Å². The average Bonchev–Trinajstić information content (AvgIpc) is 3.20. The summed E-state index contributed by atoms with van der Waals surface area (Å²) in [5.74, 6) is -0.0947. The highest BCUT2D eigenvalue weighted by atomic mass is 16.5. The van der Waals surface area contributed by atoms with E-state index >= 15 is 0 Å². The number of nitrogens with one attached hydrogen (secondary N) is 1. The van der Waals surface area contributed by atoms with Crippen molar-refractivity contribution in [3.05, 3.63) is 12.2 Å². The van der Waals surface area contributed by atoms with Crippen LogP contribution in [-0.4, -0.2) is 47.4 Å². The molecule has 0 aliphatic carbocycles. The zero-order valence-corrected chi connectivity index (χ0v) is 37.6. The van der Waals surface area contributed by atoms with E-state index in [0.717, 1.165) is 57.8 Å². The molecule has 0 radical (unpaired) electrons. The third-order valence-corrected chi connectivity index (χ3v) is 11.6. The predicted octanol–water partition coefficient (Wildman–Crippen LogP) is 14.6. The SMILES string of the molecule is CCCCCCCC/C=C\CCCCCCCC(=O)OCCCCCCCCCCCC(=O)NC(CO)C(O)CCCCCCCCCCCCCCCCC. The van der Waals surface area contributed by atoms with Crippen LogP contribution in [-0.2, 0) is 14.3 Å². The van der Waals surface area contributed by atoms with E-state index in [0.29, 0.717) is 25.9 Å². The van der Waals surface area contributed by atoms with Crippen molar-refractivity contribution < 1.29 is 24.5 Å². The smallest absolute Gasteiger partial charge is 0.305 e. The van der Waals surface area contributed by atoms with Gasteiger partial charge < -0.3 is 20.3 Å². The molecule has 0 aromatic heterocycles. The molecule has 6 heteroatoms. The van der Waals surface area contributed by atoms with Crippen LogP contribution in [0.3, 0.4) is 0 Å². The first-order chi connectivity index (χ1) is 27.5. The first-order valence-electron chi connectivity index (χ1n) is 24.9. The van der Waals surface area contributed by atoms with Crippen molar-refractivity contribution in [2.75, 3.05) is 13.2 Å². The van der Waals surface area contributed by atoms with Gasteiger partial charge in [-0.05, 0) is 51.4 Å². The molecule has 0 spiro atoms. The van der Waals surface area contributed by atoms with E-state index in [1.165, 1.54) is 180 Å². The first-order valence-corrected chi connectivity index (χ1v) is 24.9. The standard InChI is InChI=1S/C50H97NO5/c1-3-5-7-9-11-13-15-17-19-21-23-26-30-34-38-42-48(53)47(46-52)51-49(54)43-39-35-31-27-25-29-33-37-41-45-56-50(55)44-40-36-32-28-24-22-20-18-16-14-12-10-8-6-4-2/h18,20,47-48,52-53H,3-17,19,21-46H2,1-2H3,(H,51,54)/b20-18-. The summed E-state index contributed by atoms with van der Waals surface area (Å²) in [6.07, 6.45) is 51.7. The number of esters is 1. The summed E-state index contributed by atoms with van der Waals surface area (Å²) >= 11 is 0. The number of aliphatic hydroxyl groups is 2. The van der Waals surface area contributed by atoms with Gasteiger partial charge in [-0.25, -0.2) is 0 Å². The van der Waals surface area contributed by atoms with Gasteiger partial charge >= 0.3 is 5.97 Å². The van der Waals surface area contributed by atoms with Crippen molar-refractivity contribution in [3.8, 4) is 0 Å². The maximum Gasteiger partial charge on any atom is 0.305 e. The predicted molar refractivity (Wildman–Crippen MR) is 241 cm³/mol. The Kier molecular flexibility index (Phi) is 45.1. The summed E-state index contributed by atoms with van der Waals surface area (Å²) in [4.78, 5) is 24.5. The van der Waals surface area contributed by atoms with E-state index in [-0.39, 0.29) is 18.5 Å². The molecule has 0 bridgehead atoms. The summed E-state index contributed by atoms with van der Waals surface area (Å²) < 4.78 is 5.44. The largest absolute Gasteiger partial charge is 0.466 e. The van der Waals surface area contributed by atoms with Crippen molar-refractivity contribution >= 4 is 11.9 Å². The fourth-order valence-electron chi connectivity index (χ4n) is 7.69. The van der Waals surface area contributed by atoms with Gasteiger partial charge in [0.2, 0.25) is 5.91 Å². The molecular weight excluding hydrogens is 695 g/mol. The number of unbranched alkanes of at least 4 members (excludes halogenated alkanes) is 33. The number of carbonyl (C=O) groups is 2. The maximum absolute atomic E-state index is 12.4. The normalized spacial score (nSPS) is 12.7. The lowest BCUT2D eigenvalue weighted by Gasteiger charge is -2.22. The minimum absolute atomic E-state index is 0.0326. The molecule has 2 atom stereocenters. The van der Waals surface area contributed by atoms with E-state index in [4.69, 9.17) is 4.74 Å². The molecule has 0 rings (SSSR count). The lowest BCUT2D eigenvalue weighted by atomic mass is 10.0. The van der Waals surface area contributed by atoms with Gasteiger partial charge in [0, 0.05) is 12.8 Å². The number of ether oxygens (including phenoxy) is 1. The zero-order valence-electron chi connectivity index (χ0n) is 37.6. The molecule has 56 heavy (non-hydrogen) atoms. The second kappa shape index (κ2) is 46.3. The van der Waals surface area contributed by atoms with Crippen LogP contribution in [0.4, 0.5) is 0 Å². The van der Waals surface area contributed by atoms with Gasteiger partial charge in [0.1, 0.15) is 0 Å². The van der Waals surface area contributed by atoms with Crippen LogP contribution >= 0.6 is 0 Å². The monoisotopic (exact) mass is 792 g/mol. The highest BCUT2D eigenvalue weighted by molar-refractivity contribution is 5.76. The summed E-state index contributed by atoms with van der Waals surface area (Å²) in [7, 11) is 0. The van der Waals surface area contributed by atoms with Gasteiger partial charge in [-0.15, -0.1) is 0 Å².